The van der Waals surface area contributed by atoms with Crippen LogP contribution in [0.15, 0.2) is 41.9 Å². The Bertz CT molecular complexity index is 677. The number of fused-ring (bicyclic) bond motifs is 1. The van der Waals surface area contributed by atoms with Crippen LogP contribution < -0.4 is 5.32 Å². The zero-order valence-electron chi connectivity index (χ0n) is 13.4. The van der Waals surface area contributed by atoms with E-state index in [1.54, 1.807) is 11.3 Å². The largest absolute Gasteiger partial charge is 0.376 e. The van der Waals surface area contributed by atoms with Crippen molar-refractivity contribution >= 4 is 17.2 Å². The summed E-state index contributed by atoms with van der Waals surface area (Å²) in [5.41, 5.74) is 1.07. The zero-order valence-corrected chi connectivity index (χ0v) is 14.2. The number of pyridine rings is 1. The number of ether oxygens (including phenoxy) is 1. The second-order valence-electron chi connectivity index (χ2n) is 6.45. The minimum Gasteiger partial charge on any atom is -0.376 e. The van der Waals surface area contributed by atoms with E-state index in [0.29, 0.717) is 13.2 Å². The molecule has 0 bridgehead atoms. The summed E-state index contributed by atoms with van der Waals surface area (Å²) in [6, 6.07) is 10.0. The smallest absolute Gasteiger partial charge is 0.226 e. The summed E-state index contributed by atoms with van der Waals surface area (Å²) in [7, 11) is 0. The molecule has 1 amide bonds. The molecule has 5 nitrogen and oxygen atoms in total. The Morgan fingerprint density at radius 1 is 1.33 bits per heavy atom. The van der Waals surface area contributed by atoms with Gasteiger partial charge in [-0.25, -0.2) is 0 Å². The van der Waals surface area contributed by atoms with Crippen LogP contribution in [0.5, 0.6) is 0 Å². The fourth-order valence-corrected chi connectivity index (χ4v) is 4.28. The highest BCUT2D eigenvalue weighted by atomic mass is 32.1. The number of amides is 1. The van der Waals surface area contributed by atoms with Gasteiger partial charge in [-0.05, 0) is 23.6 Å². The summed E-state index contributed by atoms with van der Waals surface area (Å²) in [5.74, 6) is 0.372. The van der Waals surface area contributed by atoms with Crippen molar-refractivity contribution < 1.29 is 9.53 Å². The highest BCUT2D eigenvalue weighted by Crippen LogP contribution is 2.34. The van der Waals surface area contributed by atoms with Gasteiger partial charge in [-0.2, -0.15) is 0 Å². The molecule has 126 valence electrons. The van der Waals surface area contributed by atoms with Crippen LogP contribution in [0, 0.1) is 11.8 Å². The van der Waals surface area contributed by atoms with E-state index in [2.05, 4.69) is 15.2 Å². The molecule has 3 atom stereocenters. The SMILES string of the molecule is O=C(NCc1cccs1)[C@@H]1CO[C@H]2CN(Cc3ccccn3)C[C@H]21. The van der Waals surface area contributed by atoms with Gasteiger partial charge < -0.3 is 10.1 Å². The van der Waals surface area contributed by atoms with E-state index in [0.717, 1.165) is 25.3 Å². The third-order valence-corrected chi connectivity index (χ3v) is 5.73. The molecule has 4 rings (SSSR count). The van der Waals surface area contributed by atoms with Crippen molar-refractivity contribution in [3.8, 4) is 0 Å². The number of nitrogens with zero attached hydrogens (tertiary/aromatic N) is 2. The van der Waals surface area contributed by atoms with Crippen LogP contribution in [0.2, 0.25) is 0 Å². The summed E-state index contributed by atoms with van der Waals surface area (Å²) in [6.07, 6.45) is 2.00. The molecule has 1 N–H and O–H groups in total. The molecule has 6 heteroatoms. The highest BCUT2D eigenvalue weighted by molar-refractivity contribution is 7.09. The molecule has 2 fully saturated rings. The van der Waals surface area contributed by atoms with E-state index in [9.17, 15) is 4.79 Å². The molecular formula is C18H21N3O2S. The average molecular weight is 343 g/mol. The lowest BCUT2D eigenvalue weighted by molar-refractivity contribution is -0.126. The molecule has 2 aliphatic heterocycles. The maximum atomic E-state index is 12.5. The summed E-state index contributed by atoms with van der Waals surface area (Å²) < 4.78 is 5.90. The molecule has 0 unspecified atom stereocenters. The molecule has 0 spiro atoms. The van der Waals surface area contributed by atoms with Crippen molar-refractivity contribution in [2.45, 2.75) is 19.2 Å². The van der Waals surface area contributed by atoms with E-state index in [-0.39, 0.29) is 23.8 Å². The Labute approximate surface area is 145 Å². The standard InChI is InChI=1S/C18H21N3O2S/c22-18(20-8-14-5-3-7-24-14)16-12-23-17-11-21(10-15(16)17)9-13-4-1-2-6-19-13/h1-7,15-17H,8-12H2,(H,20,22)/t15-,16+,17-/m0/s1. The quantitative estimate of drug-likeness (QED) is 0.901. The summed E-state index contributed by atoms with van der Waals surface area (Å²) >= 11 is 1.67. The fourth-order valence-electron chi connectivity index (χ4n) is 3.63. The number of hydrogen-bond donors (Lipinski definition) is 1. The molecule has 2 saturated heterocycles. The van der Waals surface area contributed by atoms with E-state index in [1.165, 1.54) is 4.88 Å². The van der Waals surface area contributed by atoms with Crippen molar-refractivity contribution in [2.75, 3.05) is 19.7 Å². The Kier molecular flexibility index (Phi) is 4.60. The van der Waals surface area contributed by atoms with Crippen LogP contribution in [0.3, 0.4) is 0 Å². The molecule has 0 radical (unpaired) electrons. The number of nitrogens with one attached hydrogen (secondary N) is 1. The first kappa shape index (κ1) is 15.7. The van der Waals surface area contributed by atoms with Gasteiger partial charge in [0.25, 0.3) is 0 Å². The predicted octanol–water partition coefficient (Wildman–Crippen LogP) is 1.91. The maximum Gasteiger partial charge on any atom is 0.226 e. The Morgan fingerprint density at radius 3 is 3.08 bits per heavy atom. The Balaban J connectivity index is 1.33. The van der Waals surface area contributed by atoms with Crippen molar-refractivity contribution in [1.29, 1.82) is 0 Å². The summed E-state index contributed by atoms with van der Waals surface area (Å²) in [4.78, 5) is 20.4. The van der Waals surface area contributed by atoms with Gasteiger partial charge in [-0.15, -0.1) is 11.3 Å². The second-order valence-corrected chi connectivity index (χ2v) is 7.49. The number of aromatic nitrogens is 1. The normalized spacial score (nSPS) is 26.4. The van der Waals surface area contributed by atoms with Crippen LogP contribution >= 0.6 is 11.3 Å². The maximum absolute atomic E-state index is 12.5. The van der Waals surface area contributed by atoms with Crippen LogP contribution in [0.4, 0.5) is 0 Å². The number of carbonyl (C=O) groups is 1. The van der Waals surface area contributed by atoms with Gasteiger partial charge in [0, 0.05) is 36.6 Å². The van der Waals surface area contributed by atoms with Crippen molar-refractivity contribution in [1.82, 2.24) is 15.2 Å². The molecule has 0 aliphatic carbocycles. The minimum atomic E-state index is -0.0382. The number of likely N-dealkylation sites (tertiary alicyclic amines) is 1. The molecule has 0 saturated carbocycles. The highest BCUT2D eigenvalue weighted by Gasteiger charge is 2.46. The Hall–Kier alpha value is -1.76. The molecule has 2 aliphatic rings. The number of rotatable bonds is 5. The molecule has 4 heterocycles. The van der Waals surface area contributed by atoms with Crippen LogP contribution in [0.25, 0.3) is 0 Å². The van der Waals surface area contributed by atoms with Crippen molar-refractivity contribution in [3.05, 3.63) is 52.5 Å². The first-order valence-corrected chi connectivity index (χ1v) is 9.21. The van der Waals surface area contributed by atoms with Crippen LogP contribution in [-0.4, -0.2) is 41.6 Å². The molecule has 2 aromatic heterocycles. The molecule has 0 aromatic carbocycles. The summed E-state index contributed by atoms with van der Waals surface area (Å²) in [5, 5.41) is 5.10. The lowest BCUT2D eigenvalue weighted by Crippen LogP contribution is -2.36. The number of thiophene rings is 1. The number of carbonyl (C=O) groups excluding carboxylic acids is 1. The predicted molar refractivity (Wildman–Crippen MR) is 92.4 cm³/mol. The lowest BCUT2D eigenvalue weighted by Gasteiger charge is -2.19. The Morgan fingerprint density at radius 2 is 2.29 bits per heavy atom. The number of hydrogen-bond acceptors (Lipinski definition) is 5. The van der Waals surface area contributed by atoms with E-state index >= 15 is 0 Å². The molecular weight excluding hydrogens is 322 g/mol. The van der Waals surface area contributed by atoms with Gasteiger partial charge in [0.2, 0.25) is 5.91 Å². The van der Waals surface area contributed by atoms with Crippen molar-refractivity contribution in [2.24, 2.45) is 11.8 Å². The van der Waals surface area contributed by atoms with Gasteiger partial charge in [0.05, 0.1) is 30.9 Å². The van der Waals surface area contributed by atoms with Crippen LogP contribution in [-0.2, 0) is 22.6 Å². The average Bonchev–Trinajstić information content (AvgIpc) is 3.30. The topological polar surface area (TPSA) is 54.5 Å². The van der Waals surface area contributed by atoms with E-state index < -0.39 is 0 Å². The van der Waals surface area contributed by atoms with Gasteiger partial charge in [0.1, 0.15) is 0 Å². The van der Waals surface area contributed by atoms with Gasteiger partial charge in [-0.3, -0.25) is 14.7 Å². The monoisotopic (exact) mass is 343 g/mol. The van der Waals surface area contributed by atoms with Crippen molar-refractivity contribution in [3.63, 3.8) is 0 Å². The van der Waals surface area contributed by atoms with E-state index in [4.69, 9.17) is 4.74 Å². The first-order valence-electron chi connectivity index (χ1n) is 8.33. The van der Waals surface area contributed by atoms with Crippen LogP contribution in [0.1, 0.15) is 10.6 Å². The van der Waals surface area contributed by atoms with E-state index in [1.807, 2.05) is 41.9 Å². The summed E-state index contributed by atoms with van der Waals surface area (Å²) in [6.45, 7) is 3.76. The lowest BCUT2D eigenvalue weighted by atomic mass is 9.92. The second kappa shape index (κ2) is 7.01. The minimum absolute atomic E-state index is 0.0382. The van der Waals surface area contributed by atoms with Gasteiger partial charge in [0.15, 0.2) is 0 Å². The third kappa shape index (κ3) is 3.36. The van der Waals surface area contributed by atoms with Gasteiger partial charge >= 0.3 is 0 Å². The third-order valence-electron chi connectivity index (χ3n) is 4.86. The first-order chi connectivity index (χ1) is 11.8. The fraction of sp³-hybridized carbons (Fsp3) is 0.444. The van der Waals surface area contributed by atoms with Gasteiger partial charge in [-0.1, -0.05) is 12.1 Å². The molecule has 2 aromatic rings. The zero-order chi connectivity index (χ0) is 16.4. The molecule has 24 heavy (non-hydrogen) atoms.